The molecule has 0 N–H and O–H groups in total. The molecular weight excluding hydrogens is 386 g/mol. The van der Waals surface area contributed by atoms with Gasteiger partial charge in [0.2, 0.25) is 0 Å². The van der Waals surface area contributed by atoms with Gasteiger partial charge in [-0.05, 0) is 51.8 Å². The minimum absolute atomic E-state index is 0.292. The van der Waals surface area contributed by atoms with Gasteiger partial charge in [0, 0.05) is 4.47 Å². The fourth-order valence-electron chi connectivity index (χ4n) is 1.38. The predicted octanol–water partition coefficient (Wildman–Crippen LogP) is 5.58. The quantitative estimate of drug-likeness (QED) is 0.660. The second-order valence-corrected chi connectivity index (χ2v) is 5.79. The van der Waals surface area contributed by atoms with Gasteiger partial charge in [-0.3, -0.25) is 0 Å². The average Bonchev–Trinajstić information content (AvgIpc) is 2.34. The summed E-state index contributed by atoms with van der Waals surface area (Å²) in [7, 11) is 0. The number of hydrogen-bond acceptors (Lipinski definition) is 1. The van der Waals surface area contributed by atoms with Crippen LogP contribution in [0.5, 0.6) is 5.75 Å². The van der Waals surface area contributed by atoms with E-state index >= 15 is 0 Å². The Hall–Kier alpha value is -0.580. The molecule has 0 aliphatic heterocycles. The van der Waals surface area contributed by atoms with E-state index in [1.807, 2.05) is 6.07 Å². The molecule has 0 atom stereocenters. The highest BCUT2D eigenvalue weighted by atomic mass is 79.9. The van der Waals surface area contributed by atoms with E-state index in [2.05, 4.69) is 31.9 Å². The van der Waals surface area contributed by atoms with Crippen LogP contribution in [0.2, 0.25) is 5.02 Å². The first kappa shape index (κ1) is 13.8. The molecule has 0 aliphatic carbocycles. The molecule has 0 saturated heterocycles. The molecular formula is C13H8Br2ClFO. The first-order chi connectivity index (χ1) is 8.56. The van der Waals surface area contributed by atoms with E-state index in [0.717, 1.165) is 10.0 Å². The number of rotatable bonds is 3. The van der Waals surface area contributed by atoms with Crippen LogP contribution < -0.4 is 4.74 Å². The Morgan fingerprint density at radius 2 is 1.89 bits per heavy atom. The first-order valence-corrected chi connectivity index (χ1v) is 7.04. The lowest BCUT2D eigenvalue weighted by Crippen LogP contribution is -1.96. The number of hydrogen-bond donors (Lipinski definition) is 0. The molecule has 0 unspecified atom stereocenters. The van der Waals surface area contributed by atoms with Crippen LogP contribution in [0.25, 0.3) is 0 Å². The lowest BCUT2D eigenvalue weighted by Gasteiger charge is -2.09. The minimum Gasteiger partial charge on any atom is -0.487 e. The van der Waals surface area contributed by atoms with Crippen LogP contribution in [-0.4, -0.2) is 0 Å². The molecule has 2 aromatic rings. The van der Waals surface area contributed by atoms with Gasteiger partial charge in [-0.2, -0.15) is 0 Å². The van der Waals surface area contributed by atoms with Crippen LogP contribution >= 0.6 is 43.5 Å². The van der Waals surface area contributed by atoms with E-state index in [4.69, 9.17) is 16.3 Å². The monoisotopic (exact) mass is 392 g/mol. The van der Waals surface area contributed by atoms with Gasteiger partial charge in [-0.25, -0.2) is 4.39 Å². The summed E-state index contributed by atoms with van der Waals surface area (Å²) >= 11 is 12.5. The molecule has 2 aromatic carbocycles. The third kappa shape index (κ3) is 3.46. The molecule has 0 spiro atoms. The van der Waals surface area contributed by atoms with Crippen molar-refractivity contribution in [3.63, 3.8) is 0 Å². The fraction of sp³-hybridized carbons (Fsp3) is 0.0769. The highest BCUT2D eigenvalue weighted by molar-refractivity contribution is 9.10. The maximum absolute atomic E-state index is 13.1. The normalized spacial score (nSPS) is 10.4. The maximum Gasteiger partial charge on any atom is 0.139 e. The van der Waals surface area contributed by atoms with Crippen LogP contribution in [0.4, 0.5) is 4.39 Å². The van der Waals surface area contributed by atoms with Crippen LogP contribution in [0.3, 0.4) is 0 Å². The topological polar surface area (TPSA) is 9.23 Å². The van der Waals surface area contributed by atoms with Gasteiger partial charge in [0.25, 0.3) is 0 Å². The molecule has 0 aromatic heterocycles. The number of halogens is 4. The first-order valence-electron chi connectivity index (χ1n) is 5.08. The van der Waals surface area contributed by atoms with Crippen molar-refractivity contribution in [3.8, 4) is 5.75 Å². The van der Waals surface area contributed by atoms with Gasteiger partial charge >= 0.3 is 0 Å². The van der Waals surface area contributed by atoms with E-state index in [0.29, 0.717) is 21.9 Å². The van der Waals surface area contributed by atoms with E-state index in [1.54, 1.807) is 24.3 Å². The van der Waals surface area contributed by atoms with Crippen molar-refractivity contribution in [2.45, 2.75) is 6.61 Å². The standard InChI is InChI=1S/C13H8Br2ClFO/c14-9-2-3-11(16)13(6-9)18-7-8-1-4-12(17)10(15)5-8/h1-6H,7H2. The zero-order valence-corrected chi connectivity index (χ0v) is 13.0. The molecule has 2 rings (SSSR count). The maximum atomic E-state index is 13.1. The third-order valence-corrected chi connectivity index (χ3v) is 3.68. The zero-order chi connectivity index (χ0) is 13.1. The molecule has 0 radical (unpaired) electrons. The molecule has 5 heteroatoms. The SMILES string of the molecule is Fc1ccc(COc2cc(Br)ccc2Cl)cc1Br. The summed E-state index contributed by atoms with van der Waals surface area (Å²) < 4.78 is 20.0. The lowest BCUT2D eigenvalue weighted by atomic mass is 10.2. The summed E-state index contributed by atoms with van der Waals surface area (Å²) in [6.45, 7) is 0.328. The lowest BCUT2D eigenvalue weighted by molar-refractivity contribution is 0.306. The summed E-state index contributed by atoms with van der Waals surface area (Å²) in [5.41, 5.74) is 0.860. The Balaban J connectivity index is 2.11. The van der Waals surface area contributed by atoms with Gasteiger partial charge in [0.1, 0.15) is 18.2 Å². The van der Waals surface area contributed by atoms with E-state index in [-0.39, 0.29) is 5.82 Å². The largest absolute Gasteiger partial charge is 0.487 e. The second-order valence-electron chi connectivity index (χ2n) is 3.61. The molecule has 18 heavy (non-hydrogen) atoms. The van der Waals surface area contributed by atoms with Crippen molar-refractivity contribution in [3.05, 3.63) is 61.7 Å². The predicted molar refractivity (Wildman–Crippen MR) is 77.6 cm³/mol. The van der Waals surface area contributed by atoms with Crippen LogP contribution in [0, 0.1) is 5.82 Å². The molecule has 94 valence electrons. The number of ether oxygens (including phenoxy) is 1. The van der Waals surface area contributed by atoms with Crippen LogP contribution in [0.1, 0.15) is 5.56 Å². The van der Waals surface area contributed by atoms with Gasteiger partial charge < -0.3 is 4.74 Å². The van der Waals surface area contributed by atoms with Crippen molar-refractivity contribution >= 4 is 43.5 Å². The van der Waals surface area contributed by atoms with E-state index in [9.17, 15) is 4.39 Å². The summed E-state index contributed by atoms with van der Waals surface area (Å²) in [6, 6.07) is 10.1. The summed E-state index contributed by atoms with van der Waals surface area (Å²) in [5.74, 6) is 0.297. The van der Waals surface area contributed by atoms with Crippen molar-refractivity contribution in [2.24, 2.45) is 0 Å². The Labute approximate surface area is 126 Å². The smallest absolute Gasteiger partial charge is 0.139 e. The summed E-state index contributed by atoms with van der Waals surface area (Å²) in [4.78, 5) is 0. The van der Waals surface area contributed by atoms with Crippen LogP contribution in [0.15, 0.2) is 45.3 Å². The van der Waals surface area contributed by atoms with E-state index in [1.165, 1.54) is 6.07 Å². The Morgan fingerprint density at radius 3 is 2.61 bits per heavy atom. The second kappa shape index (κ2) is 6.04. The highest BCUT2D eigenvalue weighted by Crippen LogP contribution is 2.29. The molecule has 0 fully saturated rings. The Kier molecular flexibility index (Phi) is 4.65. The minimum atomic E-state index is -0.292. The fourth-order valence-corrected chi connectivity index (χ4v) is 2.32. The van der Waals surface area contributed by atoms with Crippen molar-refractivity contribution in [1.82, 2.24) is 0 Å². The van der Waals surface area contributed by atoms with E-state index < -0.39 is 0 Å². The summed E-state index contributed by atoms with van der Waals surface area (Å²) in [5, 5.41) is 0.541. The molecule has 1 nitrogen and oxygen atoms in total. The van der Waals surface area contributed by atoms with Gasteiger partial charge in [-0.15, -0.1) is 0 Å². The average molecular weight is 394 g/mol. The molecule has 0 bridgehead atoms. The van der Waals surface area contributed by atoms with Gasteiger partial charge in [0.05, 0.1) is 9.50 Å². The molecule has 0 saturated carbocycles. The van der Waals surface area contributed by atoms with Crippen molar-refractivity contribution in [2.75, 3.05) is 0 Å². The molecule has 0 amide bonds. The van der Waals surface area contributed by atoms with Gasteiger partial charge in [0.15, 0.2) is 0 Å². The zero-order valence-electron chi connectivity index (χ0n) is 9.09. The van der Waals surface area contributed by atoms with Crippen molar-refractivity contribution in [1.29, 1.82) is 0 Å². The Bertz CT molecular complexity index is 575. The Morgan fingerprint density at radius 1 is 1.11 bits per heavy atom. The van der Waals surface area contributed by atoms with Crippen LogP contribution in [-0.2, 0) is 6.61 Å². The molecule has 0 aliphatic rings. The van der Waals surface area contributed by atoms with Gasteiger partial charge in [-0.1, -0.05) is 33.6 Å². The summed E-state index contributed by atoms with van der Waals surface area (Å²) in [6.07, 6.45) is 0. The molecule has 0 heterocycles. The highest BCUT2D eigenvalue weighted by Gasteiger charge is 2.04. The van der Waals surface area contributed by atoms with Crippen molar-refractivity contribution < 1.29 is 9.13 Å². The third-order valence-electron chi connectivity index (χ3n) is 2.27. The number of benzene rings is 2.